The van der Waals surface area contributed by atoms with E-state index in [0.29, 0.717) is 23.4 Å². The molecule has 0 N–H and O–H groups in total. The van der Waals surface area contributed by atoms with Crippen molar-refractivity contribution in [2.45, 2.75) is 20.8 Å². The van der Waals surface area contributed by atoms with E-state index in [4.69, 9.17) is 24.9 Å². The Morgan fingerprint density at radius 2 is 1.40 bits per heavy atom. The molecule has 0 saturated carbocycles. The van der Waals surface area contributed by atoms with Gasteiger partial charge in [0.2, 0.25) is 5.88 Å². The van der Waals surface area contributed by atoms with E-state index >= 15 is 0 Å². The highest BCUT2D eigenvalue weighted by Crippen LogP contribution is 2.40. The van der Waals surface area contributed by atoms with Gasteiger partial charge in [0.25, 0.3) is 0 Å². The number of aryl methyl sites for hydroxylation is 2. The molecule has 7 aromatic rings. The highest BCUT2D eigenvalue weighted by Gasteiger charge is 2.24. The van der Waals surface area contributed by atoms with Gasteiger partial charge in [-0.25, -0.2) is 19.3 Å². The van der Waals surface area contributed by atoms with Crippen molar-refractivity contribution in [3.05, 3.63) is 126 Å². The van der Waals surface area contributed by atoms with Crippen molar-refractivity contribution in [1.29, 1.82) is 5.26 Å². The van der Waals surface area contributed by atoms with Crippen molar-refractivity contribution in [1.82, 2.24) is 29.5 Å². The Kier molecular flexibility index (Phi) is 7.12. The fraction of sp³-hybridized carbons (Fsp3) is 0.108. The van der Waals surface area contributed by atoms with Crippen LogP contribution < -0.4 is 4.74 Å². The van der Waals surface area contributed by atoms with Crippen LogP contribution in [0.3, 0.4) is 0 Å². The number of fused-ring (bicyclic) bond motifs is 1. The minimum atomic E-state index is 0.273. The van der Waals surface area contributed by atoms with Gasteiger partial charge in [-0.1, -0.05) is 66.7 Å². The van der Waals surface area contributed by atoms with E-state index in [9.17, 15) is 5.26 Å². The number of pyridine rings is 2. The molecule has 8 heteroatoms. The first kappa shape index (κ1) is 27.7. The van der Waals surface area contributed by atoms with Crippen LogP contribution in [0.5, 0.6) is 5.88 Å². The highest BCUT2D eigenvalue weighted by molar-refractivity contribution is 5.89. The number of hydrogen-bond acceptors (Lipinski definition) is 6. The largest absolute Gasteiger partial charge is 0.477 e. The van der Waals surface area contributed by atoms with Crippen molar-refractivity contribution in [2.75, 3.05) is 6.61 Å². The van der Waals surface area contributed by atoms with E-state index in [1.165, 1.54) is 0 Å². The fourth-order valence-corrected chi connectivity index (χ4v) is 5.59. The maximum absolute atomic E-state index is 10.5. The maximum atomic E-state index is 10.5. The van der Waals surface area contributed by atoms with E-state index in [2.05, 4.69) is 12.1 Å². The molecule has 0 radical (unpaired) electrons. The summed E-state index contributed by atoms with van der Waals surface area (Å²) >= 11 is 0. The quantitative estimate of drug-likeness (QED) is 0.188. The Morgan fingerprint density at radius 1 is 0.733 bits per heavy atom. The number of nitrogens with zero attached hydrogens (tertiary/aromatic N) is 7. The van der Waals surface area contributed by atoms with Crippen LogP contribution in [0.15, 0.2) is 109 Å². The molecular weight excluding hydrogens is 558 g/mol. The lowest BCUT2D eigenvalue weighted by Gasteiger charge is -2.14. The predicted molar refractivity (Wildman–Crippen MR) is 175 cm³/mol. The average molecular weight is 588 g/mol. The SMILES string of the molecule is CCOc1nc(-c2cc3c(C)nn(-c4ccccc4)c3nc2C)cc(-c2cn(-c3ccccc3)nc2-c2ccccc2)c1C#N. The molecule has 7 rings (SSSR count). The molecule has 0 aliphatic rings. The molecule has 0 aliphatic heterocycles. The Balaban J connectivity index is 1.47. The standard InChI is InChI=1S/C37H29N7O/c1-4-45-37-32(22-38)31(33-23-43(27-16-10-6-11-17-27)42-35(33)26-14-8-5-9-15-26)21-34(40-37)29-20-30-25(3)41-44(36(30)39-24(29)2)28-18-12-7-13-19-28/h5-21,23H,4H2,1-3H3. The summed E-state index contributed by atoms with van der Waals surface area (Å²) in [6.07, 6.45) is 1.97. The van der Waals surface area contributed by atoms with Gasteiger partial charge >= 0.3 is 0 Å². The second-order valence-electron chi connectivity index (χ2n) is 10.6. The van der Waals surface area contributed by atoms with Crippen molar-refractivity contribution >= 4 is 11.0 Å². The molecule has 4 aromatic heterocycles. The number of benzene rings is 3. The molecule has 45 heavy (non-hydrogen) atoms. The van der Waals surface area contributed by atoms with Gasteiger partial charge in [-0.05, 0) is 57.2 Å². The van der Waals surface area contributed by atoms with Crippen LogP contribution in [0.1, 0.15) is 23.9 Å². The highest BCUT2D eigenvalue weighted by atomic mass is 16.5. The molecule has 0 bridgehead atoms. The van der Waals surface area contributed by atoms with Crippen LogP contribution >= 0.6 is 0 Å². The first-order valence-corrected chi connectivity index (χ1v) is 14.8. The summed E-state index contributed by atoms with van der Waals surface area (Å²) in [6, 6.07) is 36.3. The number of para-hydroxylation sites is 2. The summed E-state index contributed by atoms with van der Waals surface area (Å²) in [5, 5.41) is 21.2. The van der Waals surface area contributed by atoms with Gasteiger partial charge in [0.1, 0.15) is 17.3 Å². The van der Waals surface area contributed by atoms with E-state index in [0.717, 1.165) is 56.2 Å². The van der Waals surface area contributed by atoms with Crippen molar-refractivity contribution in [3.8, 4) is 57.0 Å². The molecule has 0 aliphatic carbocycles. The average Bonchev–Trinajstić information content (AvgIpc) is 3.67. The molecule has 0 fully saturated rings. The monoisotopic (exact) mass is 587 g/mol. The van der Waals surface area contributed by atoms with Gasteiger partial charge in [0.15, 0.2) is 5.65 Å². The number of hydrogen-bond donors (Lipinski definition) is 0. The lowest BCUT2D eigenvalue weighted by molar-refractivity contribution is 0.326. The third kappa shape index (κ3) is 5.00. The summed E-state index contributed by atoms with van der Waals surface area (Å²) in [5.74, 6) is 0.273. The molecule has 0 spiro atoms. The Bertz CT molecular complexity index is 2200. The Hall–Kier alpha value is -6.07. The van der Waals surface area contributed by atoms with E-state index in [1.807, 2.05) is 133 Å². The maximum Gasteiger partial charge on any atom is 0.232 e. The van der Waals surface area contributed by atoms with Gasteiger partial charge in [0, 0.05) is 39.5 Å². The van der Waals surface area contributed by atoms with Crippen LogP contribution in [0.4, 0.5) is 0 Å². The van der Waals surface area contributed by atoms with Crippen LogP contribution in [-0.2, 0) is 0 Å². The molecule has 8 nitrogen and oxygen atoms in total. The molecule has 0 unspecified atom stereocenters. The fourth-order valence-electron chi connectivity index (χ4n) is 5.59. The summed E-state index contributed by atoms with van der Waals surface area (Å²) < 4.78 is 9.72. The first-order valence-electron chi connectivity index (χ1n) is 14.8. The predicted octanol–water partition coefficient (Wildman–Crippen LogP) is 7.89. The zero-order valence-corrected chi connectivity index (χ0v) is 25.1. The zero-order chi connectivity index (χ0) is 30.9. The van der Waals surface area contributed by atoms with Gasteiger partial charge in [-0.3, -0.25) is 0 Å². The summed E-state index contributed by atoms with van der Waals surface area (Å²) in [7, 11) is 0. The van der Waals surface area contributed by atoms with Crippen molar-refractivity contribution < 1.29 is 4.74 Å². The summed E-state index contributed by atoms with van der Waals surface area (Å²) in [6.45, 7) is 6.20. The van der Waals surface area contributed by atoms with E-state index in [1.54, 1.807) is 0 Å². The van der Waals surface area contributed by atoms with Crippen LogP contribution in [-0.4, -0.2) is 36.1 Å². The van der Waals surface area contributed by atoms with Crippen LogP contribution in [0.2, 0.25) is 0 Å². The molecule has 4 heterocycles. The van der Waals surface area contributed by atoms with Crippen LogP contribution in [0.25, 0.3) is 56.0 Å². The Morgan fingerprint density at radius 3 is 2.07 bits per heavy atom. The number of nitriles is 1. The lowest BCUT2D eigenvalue weighted by Crippen LogP contribution is -2.03. The minimum absolute atomic E-state index is 0.273. The molecule has 0 saturated heterocycles. The number of rotatable bonds is 7. The molecule has 0 atom stereocenters. The minimum Gasteiger partial charge on any atom is -0.477 e. The van der Waals surface area contributed by atoms with Crippen molar-refractivity contribution in [3.63, 3.8) is 0 Å². The third-order valence-electron chi connectivity index (χ3n) is 7.76. The van der Waals surface area contributed by atoms with E-state index < -0.39 is 0 Å². The normalized spacial score (nSPS) is 11.1. The van der Waals surface area contributed by atoms with Gasteiger partial charge in [-0.15, -0.1) is 0 Å². The lowest BCUT2D eigenvalue weighted by atomic mass is 9.96. The Labute approximate surface area is 260 Å². The molecule has 218 valence electrons. The zero-order valence-electron chi connectivity index (χ0n) is 25.1. The number of ether oxygens (including phenoxy) is 1. The molecule has 0 amide bonds. The third-order valence-corrected chi connectivity index (χ3v) is 7.76. The van der Waals surface area contributed by atoms with Crippen LogP contribution in [0, 0.1) is 25.2 Å². The second kappa shape index (κ2) is 11.5. The molecular formula is C37H29N7O. The summed E-state index contributed by atoms with van der Waals surface area (Å²) in [4.78, 5) is 9.90. The van der Waals surface area contributed by atoms with Gasteiger partial charge in [-0.2, -0.15) is 15.5 Å². The summed E-state index contributed by atoms with van der Waals surface area (Å²) in [5.41, 5.74) is 9.27. The van der Waals surface area contributed by atoms with E-state index in [-0.39, 0.29) is 5.88 Å². The smallest absolute Gasteiger partial charge is 0.232 e. The first-order chi connectivity index (χ1) is 22.1. The topological polar surface area (TPSA) is 94.4 Å². The van der Waals surface area contributed by atoms with Crippen molar-refractivity contribution in [2.24, 2.45) is 0 Å². The van der Waals surface area contributed by atoms with Gasteiger partial charge < -0.3 is 4.74 Å². The second-order valence-corrected chi connectivity index (χ2v) is 10.6. The molecule has 3 aromatic carbocycles. The van der Waals surface area contributed by atoms with Gasteiger partial charge in [0.05, 0.1) is 29.4 Å². The number of aromatic nitrogens is 6.